The van der Waals surface area contributed by atoms with Gasteiger partial charge in [0, 0.05) is 19.3 Å². The molecule has 0 radical (unpaired) electrons. The van der Waals surface area contributed by atoms with Gasteiger partial charge in [0.15, 0.2) is 0 Å². The fraction of sp³-hybridized carbons (Fsp3) is 0.773. The highest BCUT2D eigenvalue weighted by Gasteiger charge is 2.04. The van der Waals surface area contributed by atoms with Gasteiger partial charge in [0.1, 0.15) is 6.61 Å². The molecule has 0 bridgehead atoms. The summed E-state index contributed by atoms with van der Waals surface area (Å²) in [6.07, 6.45) is 10.6. The van der Waals surface area contributed by atoms with Gasteiger partial charge in [0.05, 0.1) is 0 Å². The fourth-order valence-corrected chi connectivity index (χ4v) is 2.60. The van der Waals surface area contributed by atoms with Crippen LogP contribution in [-0.2, 0) is 9.53 Å². The summed E-state index contributed by atoms with van der Waals surface area (Å²) < 4.78 is 4.89. The van der Waals surface area contributed by atoms with Crippen LogP contribution in [0.25, 0.3) is 0 Å². The van der Waals surface area contributed by atoms with E-state index in [2.05, 4.69) is 39.5 Å². The van der Waals surface area contributed by atoms with E-state index in [9.17, 15) is 4.79 Å². The first-order valence-electron chi connectivity index (χ1n) is 9.58. The van der Waals surface area contributed by atoms with Crippen molar-refractivity contribution >= 4 is 5.97 Å². The number of rotatable bonds is 11. The Kier molecular flexibility index (Phi) is 13.4. The Morgan fingerprint density at radius 2 is 1.62 bits per heavy atom. The zero-order chi connectivity index (χ0) is 18.4. The van der Waals surface area contributed by atoms with Crippen molar-refractivity contribution in [3.63, 3.8) is 0 Å². The number of hydrogen-bond acceptors (Lipinski definition) is 2. The van der Waals surface area contributed by atoms with E-state index < -0.39 is 0 Å². The molecule has 2 atom stereocenters. The summed E-state index contributed by atoms with van der Waals surface area (Å²) in [7, 11) is 0. The van der Waals surface area contributed by atoms with Gasteiger partial charge in [-0.15, -0.1) is 0 Å². The lowest BCUT2D eigenvalue weighted by molar-refractivity contribution is -0.139. The molecule has 0 aromatic rings. The van der Waals surface area contributed by atoms with Crippen molar-refractivity contribution in [1.82, 2.24) is 0 Å². The smallest absolute Gasteiger partial charge is 0.302 e. The summed E-state index contributed by atoms with van der Waals surface area (Å²) in [6, 6.07) is 0. The molecule has 0 saturated heterocycles. The summed E-state index contributed by atoms with van der Waals surface area (Å²) in [5.74, 6) is 8.50. The van der Waals surface area contributed by atoms with Crippen molar-refractivity contribution in [2.75, 3.05) is 6.61 Å². The largest absolute Gasteiger partial charge is 0.462 e. The average Bonchev–Trinajstić information content (AvgIpc) is 2.46. The van der Waals surface area contributed by atoms with Crippen LogP contribution in [0, 0.1) is 29.6 Å². The lowest BCUT2D eigenvalue weighted by atomic mass is 9.93. The van der Waals surface area contributed by atoms with Gasteiger partial charge in [-0.2, -0.15) is 0 Å². The van der Waals surface area contributed by atoms with E-state index in [4.69, 9.17) is 4.74 Å². The number of carbonyl (C=O) groups is 1. The van der Waals surface area contributed by atoms with Gasteiger partial charge in [-0.1, -0.05) is 77.2 Å². The number of hydrogen-bond donors (Lipinski definition) is 0. The van der Waals surface area contributed by atoms with E-state index >= 15 is 0 Å². The topological polar surface area (TPSA) is 26.3 Å². The summed E-state index contributed by atoms with van der Waals surface area (Å²) in [5, 5.41) is 0. The van der Waals surface area contributed by atoms with Gasteiger partial charge in [-0.05, 0) is 31.3 Å². The Hall–Kier alpha value is -1.23. The van der Waals surface area contributed by atoms with E-state index in [0.717, 1.165) is 23.8 Å². The Morgan fingerprint density at radius 3 is 2.21 bits per heavy atom. The molecule has 0 aliphatic rings. The molecule has 0 aromatic heterocycles. The molecule has 0 spiro atoms. The summed E-state index contributed by atoms with van der Waals surface area (Å²) in [6.45, 7) is 13.0. The zero-order valence-corrected chi connectivity index (χ0v) is 16.8. The maximum atomic E-state index is 10.7. The first kappa shape index (κ1) is 22.8. The Morgan fingerprint density at radius 1 is 1.00 bits per heavy atom. The quantitative estimate of drug-likeness (QED) is 0.257. The van der Waals surface area contributed by atoms with Crippen LogP contribution in [0.2, 0.25) is 0 Å². The number of carbonyl (C=O) groups excluding carboxylic acids is 1. The van der Waals surface area contributed by atoms with Crippen LogP contribution in [0.4, 0.5) is 0 Å². The van der Waals surface area contributed by atoms with Crippen LogP contribution in [0.5, 0.6) is 0 Å². The van der Waals surface area contributed by atoms with Crippen molar-refractivity contribution in [2.45, 2.75) is 86.5 Å². The third kappa shape index (κ3) is 15.7. The number of esters is 1. The normalized spacial score (nSPS) is 14.0. The van der Waals surface area contributed by atoms with Crippen molar-refractivity contribution in [1.29, 1.82) is 0 Å². The van der Waals surface area contributed by atoms with Gasteiger partial charge in [0.2, 0.25) is 0 Å². The Bertz CT molecular complexity index is 423. The lowest BCUT2D eigenvalue weighted by Crippen LogP contribution is -1.99. The third-order valence-corrected chi connectivity index (χ3v) is 4.25. The highest BCUT2D eigenvalue weighted by molar-refractivity contribution is 5.66. The minimum Gasteiger partial charge on any atom is -0.462 e. The van der Waals surface area contributed by atoms with Crippen LogP contribution in [0.1, 0.15) is 86.5 Å². The minimum atomic E-state index is -0.239. The zero-order valence-electron chi connectivity index (χ0n) is 16.8. The average molecular weight is 335 g/mol. The number of allylic oxidation sites excluding steroid dienone is 1. The Labute approximate surface area is 150 Å². The Balaban J connectivity index is 3.82. The molecule has 2 heteroatoms. The van der Waals surface area contributed by atoms with Crippen molar-refractivity contribution < 1.29 is 9.53 Å². The molecule has 0 rings (SSSR count). The molecule has 0 aliphatic carbocycles. The first-order valence-corrected chi connectivity index (χ1v) is 9.58. The molecule has 0 aromatic carbocycles. The van der Waals surface area contributed by atoms with E-state index in [1.54, 1.807) is 0 Å². The molecule has 0 aliphatic heterocycles. The molecule has 2 unspecified atom stereocenters. The number of ether oxygens (including phenoxy) is 1. The van der Waals surface area contributed by atoms with E-state index in [1.807, 2.05) is 13.0 Å². The maximum absolute atomic E-state index is 10.7. The highest BCUT2D eigenvalue weighted by atomic mass is 16.5. The van der Waals surface area contributed by atoms with E-state index in [-0.39, 0.29) is 5.97 Å². The van der Waals surface area contributed by atoms with Crippen molar-refractivity contribution in [2.24, 2.45) is 17.8 Å². The van der Waals surface area contributed by atoms with Gasteiger partial charge in [-0.3, -0.25) is 4.79 Å². The van der Waals surface area contributed by atoms with Crippen LogP contribution < -0.4 is 0 Å². The molecule has 0 amide bonds. The molecule has 0 fully saturated rings. The summed E-state index contributed by atoms with van der Waals surface area (Å²) in [4.78, 5) is 10.7. The second-order valence-electron chi connectivity index (χ2n) is 7.61. The fourth-order valence-electron chi connectivity index (χ4n) is 2.60. The lowest BCUT2D eigenvalue weighted by Gasteiger charge is -2.12. The van der Waals surface area contributed by atoms with Crippen molar-refractivity contribution in [3.8, 4) is 11.8 Å². The molecule has 0 N–H and O–H groups in total. The first-order chi connectivity index (χ1) is 11.3. The van der Waals surface area contributed by atoms with E-state index in [0.29, 0.717) is 12.5 Å². The second-order valence-corrected chi connectivity index (χ2v) is 7.61. The highest BCUT2D eigenvalue weighted by Crippen LogP contribution is 2.19. The third-order valence-electron chi connectivity index (χ3n) is 4.25. The van der Waals surface area contributed by atoms with Crippen molar-refractivity contribution in [3.05, 3.63) is 11.6 Å². The maximum Gasteiger partial charge on any atom is 0.302 e. The predicted octanol–water partition coefficient (Wildman–Crippen LogP) is 6.16. The standard InChI is InChI=1S/C22H38O2/c1-18(2)10-7-11-19(3)12-8-13-20(4)14-9-15-21(5)16-17-24-22(6)23/h16,18-20H,7-8,10-13,15,17H2,1-6H3/b21-16+. The van der Waals surface area contributed by atoms with Gasteiger partial charge in [0.25, 0.3) is 0 Å². The van der Waals surface area contributed by atoms with Crippen LogP contribution >= 0.6 is 0 Å². The predicted molar refractivity (Wildman–Crippen MR) is 104 cm³/mol. The molecule has 0 heterocycles. The molecular formula is C22H38O2. The van der Waals surface area contributed by atoms with Gasteiger partial charge in [-0.25, -0.2) is 0 Å². The monoisotopic (exact) mass is 334 g/mol. The molecular weight excluding hydrogens is 296 g/mol. The minimum absolute atomic E-state index is 0.239. The van der Waals surface area contributed by atoms with Gasteiger partial charge >= 0.3 is 5.97 Å². The summed E-state index contributed by atoms with van der Waals surface area (Å²) >= 11 is 0. The summed E-state index contributed by atoms with van der Waals surface area (Å²) in [5.41, 5.74) is 1.16. The molecule has 2 nitrogen and oxygen atoms in total. The van der Waals surface area contributed by atoms with Crippen LogP contribution in [0.15, 0.2) is 11.6 Å². The van der Waals surface area contributed by atoms with E-state index in [1.165, 1.54) is 45.4 Å². The van der Waals surface area contributed by atoms with Crippen LogP contribution in [-0.4, -0.2) is 12.6 Å². The van der Waals surface area contributed by atoms with Gasteiger partial charge < -0.3 is 4.74 Å². The molecule has 0 saturated carbocycles. The molecule has 138 valence electrons. The molecule has 24 heavy (non-hydrogen) atoms. The second kappa shape index (κ2) is 14.1. The SMILES string of the molecule is CC(=O)OC/C=C(\C)CC#CC(C)CCCC(C)CCCC(C)C. The van der Waals surface area contributed by atoms with Crippen LogP contribution in [0.3, 0.4) is 0 Å².